The molecule has 2 aromatic rings. The Bertz CT molecular complexity index is 1000. The number of imide groups is 1. The van der Waals surface area contributed by atoms with Crippen molar-refractivity contribution in [3.63, 3.8) is 0 Å². The maximum Gasteiger partial charge on any atom is 0.278 e. The Morgan fingerprint density at radius 1 is 1.07 bits per heavy atom. The van der Waals surface area contributed by atoms with Crippen LogP contribution in [-0.4, -0.2) is 40.9 Å². The van der Waals surface area contributed by atoms with Gasteiger partial charge >= 0.3 is 0 Å². The summed E-state index contributed by atoms with van der Waals surface area (Å²) in [7, 11) is 0. The van der Waals surface area contributed by atoms with E-state index in [4.69, 9.17) is 4.74 Å². The summed E-state index contributed by atoms with van der Waals surface area (Å²) in [5.41, 5.74) is 0.753. The van der Waals surface area contributed by atoms with Crippen LogP contribution in [-0.2, 0) is 14.3 Å². The highest BCUT2D eigenvalue weighted by atomic mass is 19.1. The summed E-state index contributed by atoms with van der Waals surface area (Å²) >= 11 is 0. The third-order valence-corrected chi connectivity index (χ3v) is 4.41. The summed E-state index contributed by atoms with van der Waals surface area (Å²) in [6.07, 6.45) is -0.0586. The standard InChI is InChI=1S/C21H20FN3O5/c1-13(2)30-12-11-24-20(26)18(14-3-9-17(10-4-14)25(28)29)19(21(24)27)23-16-7-5-15(22)6-8-16/h3-10,13,23H,11-12H2,1-2H3. The molecule has 3 rings (SSSR count). The van der Waals surface area contributed by atoms with Crippen LogP contribution >= 0.6 is 0 Å². The lowest BCUT2D eigenvalue weighted by Gasteiger charge is -2.16. The summed E-state index contributed by atoms with van der Waals surface area (Å²) in [5.74, 6) is -1.53. The molecule has 8 nitrogen and oxygen atoms in total. The number of nitro benzene ring substituents is 1. The lowest BCUT2D eigenvalue weighted by Crippen LogP contribution is -2.35. The molecular formula is C21H20FN3O5. The molecule has 0 aliphatic carbocycles. The second kappa shape index (κ2) is 8.83. The van der Waals surface area contributed by atoms with Crippen molar-refractivity contribution in [3.8, 4) is 0 Å². The monoisotopic (exact) mass is 413 g/mol. The largest absolute Gasteiger partial charge is 0.377 e. The number of anilines is 1. The molecule has 1 aliphatic heterocycles. The highest BCUT2D eigenvalue weighted by molar-refractivity contribution is 6.36. The summed E-state index contributed by atoms with van der Waals surface area (Å²) in [5, 5.41) is 13.8. The molecule has 1 aliphatic rings. The average molecular weight is 413 g/mol. The second-order valence-electron chi connectivity index (χ2n) is 6.87. The highest BCUT2D eigenvalue weighted by Crippen LogP contribution is 2.31. The van der Waals surface area contributed by atoms with E-state index < -0.39 is 22.6 Å². The van der Waals surface area contributed by atoms with Crippen molar-refractivity contribution in [2.75, 3.05) is 18.5 Å². The van der Waals surface area contributed by atoms with E-state index in [2.05, 4.69) is 5.32 Å². The number of ether oxygens (including phenoxy) is 1. The Labute approximate surface area is 172 Å². The van der Waals surface area contributed by atoms with Crippen LogP contribution in [0.2, 0.25) is 0 Å². The van der Waals surface area contributed by atoms with Crippen molar-refractivity contribution >= 4 is 28.8 Å². The molecular weight excluding hydrogens is 393 g/mol. The Balaban J connectivity index is 1.96. The molecule has 0 saturated heterocycles. The van der Waals surface area contributed by atoms with Gasteiger partial charge in [-0.25, -0.2) is 4.39 Å². The zero-order valence-electron chi connectivity index (χ0n) is 16.4. The van der Waals surface area contributed by atoms with Crippen molar-refractivity contribution in [1.82, 2.24) is 4.90 Å². The Morgan fingerprint density at radius 3 is 2.27 bits per heavy atom. The normalized spacial score (nSPS) is 14.1. The number of halogens is 1. The van der Waals surface area contributed by atoms with Crippen LogP contribution < -0.4 is 5.32 Å². The molecule has 0 fully saturated rings. The van der Waals surface area contributed by atoms with Gasteiger partial charge in [0.15, 0.2) is 0 Å². The number of carbonyl (C=O) groups is 2. The van der Waals surface area contributed by atoms with E-state index >= 15 is 0 Å². The van der Waals surface area contributed by atoms with E-state index in [0.717, 1.165) is 4.90 Å². The van der Waals surface area contributed by atoms with Gasteiger partial charge in [0.05, 0.1) is 29.8 Å². The Kier molecular flexibility index (Phi) is 6.22. The average Bonchev–Trinajstić information content (AvgIpc) is 2.93. The predicted octanol–water partition coefficient (Wildman–Crippen LogP) is 3.35. The fourth-order valence-corrected chi connectivity index (χ4v) is 2.97. The van der Waals surface area contributed by atoms with Gasteiger partial charge in [0.2, 0.25) is 0 Å². The first-order valence-electron chi connectivity index (χ1n) is 9.27. The molecule has 0 bridgehead atoms. The maximum atomic E-state index is 13.2. The molecule has 9 heteroatoms. The van der Waals surface area contributed by atoms with E-state index in [0.29, 0.717) is 11.3 Å². The van der Waals surface area contributed by atoms with Gasteiger partial charge in [0.1, 0.15) is 11.5 Å². The molecule has 0 saturated carbocycles. The van der Waals surface area contributed by atoms with E-state index in [1.807, 2.05) is 13.8 Å². The fourth-order valence-electron chi connectivity index (χ4n) is 2.97. The highest BCUT2D eigenvalue weighted by Gasteiger charge is 2.39. The molecule has 2 aromatic carbocycles. The number of hydrogen-bond acceptors (Lipinski definition) is 6. The number of hydrogen-bond donors (Lipinski definition) is 1. The Morgan fingerprint density at radius 2 is 1.70 bits per heavy atom. The predicted molar refractivity (Wildman–Crippen MR) is 108 cm³/mol. The summed E-state index contributed by atoms with van der Waals surface area (Å²) in [6, 6.07) is 10.7. The zero-order chi connectivity index (χ0) is 21.8. The van der Waals surface area contributed by atoms with Crippen molar-refractivity contribution in [2.45, 2.75) is 20.0 Å². The number of carbonyl (C=O) groups excluding carboxylic acids is 2. The fraction of sp³-hybridized carbons (Fsp3) is 0.238. The molecule has 2 amide bonds. The number of nitrogens with one attached hydrogen (secondary N) is 1. The van der Waals surface area contributed by atoms with Gasteiger partial charge in [-0.1, -0.05) is 0 Å². The van der Waals surface area contributed by atoms with Crippen molar-refractivity contribution < 1.29 is 23.6 Å². The van der Waals surface area contributed by atoms with Crippen LogP contribution in [0.25, 0.3) is 5.57 Å². The molecule has 0 radical (unpaired) electrons. The van der Waals surface area contributed by atoms with Crippen LogP contribution in [0.15, 0.2) is 54.2 Å². The minimum absolute atomic E-state index is 0.0185. The summed E-state index contributed by atoms with van der Waals surface area (Å²) in [4.78, 5) is 37.4. The zero-order valence-corrected chi connectivity index (χ0v) is 16.4. The molecule has 0 aromatic heterocycles. The molecule has 0 unspecified atom stereocenters. The van der Waals surface area contributed by atoms with E-state index in [1.54, 1.807) is 0 Å². The van der Waals surface area contributed by atoms with Gasteiger partial charge in [-0.15, -0.1) is 0 Å². The van der Waals surface area contributed by atoms with Gasteiger partial charge in [-0.3, -0.25) is 24.6 Å². The first kappa shape index (κ1) is 21.1. The molecule has 0 spiro atoms. The topological polar surface area (TPSA) is 102 Å². The Hall–Kier alpha value is -3.59. The van der Waals surface area contributed by atoms with Crippen molar-refractivity contribution in [3.05, 3.63) is 75.7 Å². The molecule has 30 heavy (non-hydrogen) atoms. The van der Waals surface area contributed by atoms with Gasteiger partial charge < -0.3 is 10.1 Å². The SMILES string of the molecule is CC(C)OCCN1C(=O)C(Nc2ccc(F)cc2)=C(c2ccc([N+](=O)[O-])cc2)C1=O. The molecule has 156 valence electrons. The number of nitro groups is 1. The first-order valence-corrected chi connectivity index (χ1v) is 9.27. The minimum Gasteiger partial charge on any atom is -0.377 e. The van der Waals surface area contributed by atoms with Crippen LogP contribution in [0.4, 0.5) is 15.8 Å². The smallest absolute Gasteiger partial charge is 0.278 e. The third kappa shape index (κ3) is 4.52. The molecule has 0 atom stereocenters. The first-order chi connectivity index (χ1) is 14.3. The maximum absolute atomic E-state index is 13.2. The lowest BCUT2D eigenvalue weighted by molar-refractivity contribution is -0.384. The number of non-ortho nitro benzene ring substituents is 1. The summed E-state index contributed by atoms with van der Waals surface area (Å²) < 4.78 is 18.7. The molecule has 1 heterocycles. The van der Waals surface area contributed by atoms with Crippen LogP contribution in [0.5, 0.6) is 0 Å². The van der Waals surface area contributed by atoms with E-state index in [9.17, 15) is 24.1 Å². The third-order valence-electron chi connectivity index (χ3n) is 4.41. The quantitative estimate of drug-likeness (QED) is 0.405. The van der Waals surface area contributed by atoms with Crippen LogP contribution in [0.1, 0.15) is 19.4 Å². The van der Waals surface area contributed by atoms with Crippen molar-refractivity contribution in [2.24, 2.45) is 0 Å². The van der Waals surface area contributed by atoms with Gasteiger partial charge in [0.25, 0.3) is 17.5 Å². The summed E-state index contributed by atoms with van der Waals surface area (Å²) in [6.45, 7) is 3.92. The molecule has 1 N–H and O–H groups in total. The second-order valence-corrected chi connectivity index (χ2v) is 6.87. The van der Waals surface area contributed by atoms with Gasteiger partial charge in [-0.05, 0) is 55.8 Å². The number of nitrogens with zero attached hydrogens (tertiary/aromatic N) is 2. The van der Waals surface area contributed by atoms with Crippen molar-refractivity contribution in [1.29, 1.82) is 0 Å². The van der Waals surface area contributed by atoms with E-state index in [1.165, 1.54) is 48.5 Å². The lowest BCUT2D eigenvalue weighted by atomic mass is 10.0. The number of amides is 2. The minimum atomic E-state index is -0.551. The van der Waals surface area contributed by atoms with Gasteiger partial charge in [0, 0.05) is 17.8 Å². The van der Waals surface area contributed by atoms with Crippen LogP contribution in [0.3, 0.4) is 0 Å². The van der Waals surface area contributed by atoms with Crippen LogP contribution in [0, 0.1) is 15.9 Å². The van der Waals surface area contributed by atoms with E-state index in [-0.39, 0.29) is 36.2 Å². The van der Waals surface area contributed by atoms with Gasteiger partial charge in [-0.2, -0.15) is 0 Å². The number of benzene rings is 2. The number of rotatable bonds is 8.